The third-order valence-corrected chi connectivity index (χ3v) is 5.79. The molecule has 3 rings (SSSR count). The van der Waals surface area contributed by atoms with E-state index < -0.39 is 6.10 Å². The number of aliphatic hydroxyl groups is 2. The van der Waals surface area contributed by atoms with Crippen LogP contribution >= 0.6 is 11.6 Å². The van der Waals surface area contributed by atoms with E-state index in [1.165, 1.54) is 0 Å². The van der Waals surface area contributed by atoms with Crippen molar-refractivity contribution in [3.05, 3.63) is 58.6 Å². The van der Waals surface area contributed by atoms with Gasteiger partial charge in [-0.05, 0) is 42.5 Å². The van der Waals surface area contributed by atoms with Gasteiger partial charge in [0.25, 0.3) is 0 Å². The highest BCUT2D eigenvalue weighted by atomic mass is 35.5. The number of hydrogen-bond acceptors (Lipinski definition) is 5. The van der Waals surface area contributed by atoms with Crippen molar-refractivity contribution in [2.24, 2.45) is 11.8 Å². The quantitative estimate of drug-likeness (QED) is 0.690. The summed E-state index contributed by atoms with van der Waals surface area (Å²) in [5.41, 5.74) is 1.93. The van der Waals surface area contributed by atoms with E-state index in [9.17, 15) is 10.2 Å². The van der Waals surface area contributed by atoms with Gasteiger partial charge in [0.05, 0.1) is 6.10 Å². The molecule has 0 spiro atoms. The molecule has 4 atom stereocenters. The summed E-state index contributed by atoms with van der Waals surface area (Å²) >= 11 is 6.08. The van der Waals surface area contributed by atoms with Crippen molar-refractivity contribution in [1.29, 1.82) is 0 Å². The Balaban J connectivity index is 1.75. The van der Waals surface area contributed by atoms with Gasteiger partial charge >= 0.3 is 0 Å². The number of rotatable bonds is 6. The highest BCUT2D eigenvalue weighted by molar-refractivity contribution is 6.30. The average Bonchev–Trinajstić information content (AvgIpc) is 2.94. The van der Waals surface area contributed by atoms with Crippen LogP contribution in [-0.4, -0.2) is 38.9 Å². The molecule has 1 aliphatic rings. The number of benzene rings is 1. The first kappa shape index (κ1) is 21.2. The Kier molecular flexibility index (Phi) is 6.71. The first-order valence-corrected chi connectivity index (χ1v) is 10.2. The van der Waals surface area contributed by atoms with Gasteiger partial charge in [0, 0.05) is 47.4 Å². The van der Waals surface area contributed by atoms with Crippen LogP contribution < -0.4 is 5.32 Å². The van der Waals surface area contributed by atoms with Crippen LogP contribution in [0, 0.1) is 11.8 Å². The van der Waals surface area contributed by atoms with E-state index in [0.717, 1.165) is 17.1 Å². The maximum atomic E-state index is 10.5. The van der Waals surface area contributed by atoms with Gasteiger partial charge in [-0.1, -0.05) is 44.5 Å². The van der Waals surface area contributed by atoms with E-state index >= 15 is 0 Å². The van der Waals surface area contributed by atoms with Crippen molar-refractivity contribution >= 4 is 11.6 Å². The second-order valence-corrected chi connectivity index (χ2v) is 9.19. The zero-order chi connectivity index (χ0) is 20.3. The Hall–Kier alpha value is -1.53. The highest BCUT2D eigenvalue weighted by Crippen LogP contribution is 2.35. The van der Waals surface area contributed by atoms with Crippen LogP contribution in [0.25, 0.3) is 0 Å². The van der Waals surface area contributed by atoms with Crippen LogP contribution in [0.2, 0.25) is 5.02 Å². The molecule has 0 radical (unpaired) electrons. The largest absolute Gasteiger partial charge is 0.396 e. The van der Waals surface area contributed by atoms with E-state index in [0.29, 0.717) is 24.4 Å². The number of halogens is 1. The monoisotopic (exact) mass is 403 g/mol. The van der Waals surface area contributed by atoms with Crippen LogP contribution in [0.5, 0.6) is 0 Å². The molecule has 3 N–H and O–H groups in total. The van der Waals surface area contributed by atoms with Crippen molar-refractivity contribution in [3.8, 4) is 0 Å². The van der Waals surface area contributed by atoms with Crippen LogP contribution in [0.1, 0.15) is 44.3 Å². The molecule has 152 valence electrons. The topological polar surface area (TPSA) is 78.3 Å². The fraction of sp³-hybridized carbons (Fsp3) is 0.545. The van der Waals surface area contributed by atoms with Crippen molar-refractivity contribution in [1.82, 2.24) is 15.3 Å². The summed E-state index contributed by atoms with van der Waals surface area (Å²) in [4.78, 5) is 9.15. The minimum absolute atomic E-state index is 0.0294. The Bertz CT molecular complexity index is 793. The third-order valence-electron chi connectivity index (χ3n) is 5.55. The SMILES string of the molecule is CC(C)(C)c1nccc(CC2C(NCc3cccc(Cl)c3)CC(O)C2CO)n1. The summed E-state index contributed by atoms with van der Waals surface area (Å²) in [6.07, 6.45) is 2.60. The van der Waals surface area contributed by atoms with Crippen LogP contribution in [0.3, 0.4) is 0 Å². The van der Waals surface area contributed by atoms with E-state index in [1.807, 2.05) is 30.3 Å². The molecule has 28 heavy (non-hydrogen) atoms. The number of aliphatic hydroxyl groups excluding tert-OH is 2. The van der Waals surface area contributed by atoms with E-state index in [1.54, 1.807) is 6.20 Å². The van der Waals surface area contributed by atoms with Crippen molar-refractivity contribution < 1.29 is 10.2 Å². The molecule has 2 aromatic rings. The lowest BCUT2D eigenvalue weighted by Gasteiger charge is -2.25. The molecule has 0 amide bonds. The smallest absolute Gasteiger partial charge is 0.133 e. The van der Waals surface area contributed by atoms with Gasteiger partial charge in [-0.15, -0.1) is 0 Å². The molecule has 1 fully saturated rings. The minimum Gasteiger partial charge on any atom is -0.396 e. The van der Waals surface area contributed by atoms with E-state index in [-0.39, 0.29) is 29.9 Å². The summed E-state index contributed by atoms with van der Waals surface area (Å²) in [6, 6.07) is 9.80. The molecule has 1 saturated carbocycles. The summed E-state index contributed by atoms with van der Waals surface area (Å²) in [5.74, 6) is 0.749. The van der Waals surface area contributed by atoms with Crippen LogP contribution in [0.15, 0.2) is 36.5 Å². The molecule has 0 aliphatic heterocycles. The lowest BCUT2D eigenvalue weighted by atomic mass is 9.88. The second kappa shape index (κ2) is 8.87. The molecule has 0 saturated heterocycles. The third kappa shape index (κ3) is 5.09. The summed E-state index contributed by atoms with van der Waals surface area (Å²) < 4.78 is 0. The lowest BCUT2D eigenvalue weighted by Crippen LogP contribution is -2.36. The molecule has 0 bridgehead atoms. The molecular weight excluding hydrogens is 374 g/mol. The van der Waals surface area contributed by atoms with E-state index in [4.69, 9.17) is 16.6 Å². The van der Waals surface area contributed by atoms with Crippen LogP contribution in [0.4, 0.5) is 0 Å². The molecule has 1 aromatic heterocycles. The van der Waals surface area contributed by atoms with Crippen molar-refractivity contribution in [2.75, 3.05) is 6.61 Å². The molecule has 1 aliphatic carbocycles. The molecule has 5 nitrogen and oxygen atoms in total. The second-order valence-electron chi connectivity index (χ2n) is 8.76. The van der Waals surface area contributed by atoms with Crippen LogP contribution in [-0.2, 0) is 18.4 Å². The van der Waals surface area contributed by atoms with Gasteiger partial charge in [0.15, 0.2) is 0 Å². The zero-order valence-corrected chi connectivity index (χ0v) is 17.5. The lowest BCUT2D eigenvalue weighted by molar-refractivity contribution is 0.0715. The number of nitrogens with zero attached hydrogens (tertiary/aromatic N) is 2. The highest BCUT2D eigenvalue weighted by Gasteiger charge is 2.42. The van der Waals surface area contributed by atoms with Gasteiger partial charge in [-0.3, -0.25) is 0 Å². The minimum atomic E-state index is -0.518. The Morgan fingerprint density at radius 2 is 2.00 bits per heavy atom. The van der Waals surface area contributed by atoms with Crippen molar-refractivity contribution in [2.45, 2.75) is 57.7 Å². The first-order valence-electron chi connectivity index (χ1n) is 9.87. The van der Waals surface area contributed by atoms with E-state index in [2.05, 4.69) is 31.1 Å². The normalized spacial score (nSPS) is 25.2. The van der Waals surface area contributed by atoms with Gasteiger partial charge < -0.3 is 15.5 Å². The standard InChI is InChI=1S/C22H30ClN3O2/c1-22(2,3)21-24-8-7-16(26-21)10-17-18(13-27)20(28)11-19(17)25-12-14-5-4-6-15(23)9-14/h4-9,17-20,25,27-28H,10-13H2,1-3H3. The average molecular weight is 404 g/mol. The molecule has 1 aromatic carbocycles. The number of hydrogen-bond donors (Lipinski definition) is 3. The first-order chi connectivity index (χ1) is 13.3. The summed E-state index contributed by atoms with van der Waals surface area (Å²) in [6.45, 7) is 6.92. The van der Waals surface area contributed by atoms with Gasteiger partial charge in [0.2, 0.25) is 0 Å². The predicted octanol–water partition coefficient (Wildman–Crippen LogP) is 3.12. The Morgan fingerprint density at radius 1 is 1.21 bits per heavy atom. The fourth-order valence-corrected chi connectivity index (χ4v) is 4.20. The van der Waals surface area contributed by atoms with Gasteiger partial charge in [0.1, 0.15) is 5.82 Å². The zero-order valence-electron chi connectivity index (χ0n) is 16.8. The van der Waals surface area contributed by atoms with Gasteiger partial charge in [-0.2, -0.15) is 0 Å². The molecule has 1 heterocycles. The van der Waals surface area contributed by atoms with Crippen molar-refractivity contribution in [3.63, 3.8) is 0 Å². The predicted molar refractivity (Wildman–Crippen MR) is 111 cm³/mol. The summed E-state index contributed by atoms with van der Waals surface area (Å²) in [7, 11) is 0. The Labute approximate surface area is 172 Å². The Morgan fingerprint density at radius 3 is 2.68 bits per heavy atom. The molecule has 4 unspecified atom stereocenters. The molecule has 6 heteroatoms. The number of aromatic nitrogens is 2. The maximum absolute atomic E-state index is 10.5. The summed E-state index contributed by atoms with van der Waals surface area (Å²) in [5, 5.41) is 24.6. The van der Waals surface area contributed by atoms with Gasteiger partial charge in [-0.25, -0.2) is 9.97 Å². The molecular formula is C22H30ClN3O2. The maximum Gasteiger partial charge on any atom is 0.133 e. The number of nitrogens with one attached hydrogen (secondary N) is 1. The fourth-order valence-electron chi connectivity index (χ4n) is 3.99.